The Morgan fingerprint density at radius 3 is 2.35 bits per heavy atom. The molecule has 0 atom stereocenters. The number of nitrogens with zero attached hydrogens (tertiary/aromatic N) is 2. The van der Waals surface area contributed by atoms with Crippen molar-refractivity contribution in [3.8, 4) is 0 Å². The fraction of sp³-hybridized carbons (Fsp3) is 0.0952. The van der Waals surface area contributed by atoms with Crippen molar-refractivity contribution >= 4 is 27.6 Å². The third kappa shape index (κ3) is 4.13. The van der Waals surface area contributed by atoms with Crippen LogP contribution in [0.3, 0.4) is 0 Å². The third-order valence-electron chi connectivity index (χ3n) is 4.08. The average Bonchev–Trinajstić information content (AvgIpc) is 2.63. The normalized spacial score (nSPS) is 9.92. The zero-order valence-corrected chi connectivity index (χ0v) is 16.9. The Morgan fingerprint density at radius 1 is 0.962 bits per heavy atom. The van der Waals surface area contributed by atoms with Gasteiger partial charge in [-0.3, -0.25) is 0 Å². The SMILES string of the molecule is Cc1cccc2ccc3ccc[n+](C)c3c12.O=C(O)c1ccccn1.[Ir]. The van der Waals surface area contributed by atoms with E-state index in [2.05, 4.69) is 72.2 Å². The number of hydrogen-bond acceptors (Lipinski definition) is 2. The Morgan fingerprint density at radius 2 is 1.69 bits per heavy atom. The topological polar surface area (TPSA) is 54.1 Å². The Balaban J connectivity index is 0.000000210. The number of aromatic nitrogens is 2. The molecule has 0 aliphatic rings. The van der Waals surface area contributed by atoms with E-state index in [0.29, 0.717) is 0 Å². The van der Waals surface area contributed by atoms with Crippen LogP contribution in [-0.2, 0) is 27.2 Å². The van der Waals surface area contributed by atoms with Crippen molar-refractivity contribution in [2.24, 2.45) is 7.05 Å². The zero-order valence-electron chi connectivity index (χ0n) is 14.5. The average molecular weight is 524 g/mol. The summed E-state index contributed by atoms with van der Waals surface area (Å²) in [4.78, 5) is 13.7. The molecule has 0 saturated carbocycles. The number of pyridine rings is 2. The second kappa shape index (κ2) is 8.65. The van der Waals surface area contributed by atoms with Crippen LogP contribution in [0, 0.1) is 6.92 Å². The van der Waals surface area contributed by atoms with Crippen molar-refractivity contribution in [3.05, 3.63) is 84.3 Å². The maximum Gasteiger partial charge on any atom is 0.354 e. The summed E-state index contributed by atoms with van der Waals surface area (Å²) >= 11 is 0. The molecular formula is C21H19IrN2O2+. The van der Waals surface area contributed by atoms with Crippen molar-refractivity contribution in [2.45, 2.75) is 6.92 Å². The molecule has 2 aromatic heterocycles. The van der Waals surface area contributed by atoms with Crippen LogP contribution in [-0.4, -0.2) is 16.1 Å². The van der Waals surface area contributed by atoms with E-state index >= 15 is 0 Å². The van der Waals surface area contributed by atoms with Gasteiger partial charge in [-0.05, 0) is 42.1 Å². The smallest absolute Gasteiger partial charge is 0.354 e. The second-order valence-corrected chi connectivity index (χ2v) is 5.82. The number of carboxylic acids is 1. The summed E-state index contributed by atoms with van der Waals surface area (Å²) < 4.78 is 2.20. The fourth-order valence-corrected chi connectivity index (χ4v) is 2.91. The van der Waals surface area contributed by atoms with Crippen LogP contribution in [0.25, 0.3) is 21.7 Å². The number of fused-ring (bicyclic) bond motifs is 3. The molecule has 0 amide bonds. The van der Waals surface area contributed by atoms with Crippen LogP contribution in [0.1, 0.15) is 16.1 Å². The van der Waals surface area contributed by atoms with E-state index in [-0.39, 0.29) is 25.8 Å². The summed E-state index contributed by atoms with van der Waals surface area (Å²) in [5.74, 6) is -0.990. The van der Waals surface area contributed by atoms with Gasteiger partial charge in [0, 0.05) is 37.8 Å². The number of aryl methyl sites for hydroxylation is 2. The van der Waals surface area contributed by atoms with E-state index in [1.165, 1.54) is 39.5 Å². The molecule has 4 rings (SSSR count). The molecular weight excluding hydrogens is 504 g/mol. The molecule has 4 aromatic rings. The number of hydrogen-bond donors (Lipinski definition) is 1. The summed E-state index contributed by atoms with van der Waals surface area (Å²) in [6.45, 7) is 2.18. The van der Waals surface area contributed by atoms with E-state index in [0.717, 1.165) is 0 Å². The van der Waals surface area contributed by atoms with Crippen molar-refractivity contribution in [2.75, 3.05) is 0 Å². The number of carbonyl (C=O) groups is 1. The molecule has 0 aliphatic heterocycles. The summed E-state index contributed by atoms with van der Waals surface area (Å²) in [6, 6.07) is 19.9. The van der Waals surface area contributed by atoms with Crippen molar-refractivity contribution < 1.29 is 34.6 Å². The molecule has 0 bridgehead atoms. The van der Waals surface area contributed by atoms with E-state index < -0.39 is 5.97 Å². The molecule has 1 N–H and O–H groups in total. The maximum atomic E-state index is 10.1. The predicted octanol–water partition coefficient (Wildman–Crippen LogP) is 3.90. The number of aromatic carboxylic acids is 1. The molecule has 133 valence electrons. The molecule has 0 saturated heterocycles. The molecule has 1 radical (unpaired) electrons. The van der Waals surface area contributed by atoms with Gasteiger partial charge in [0.1, 0.15) is 12.7 Å². The molecule has 0 spiro atoms. The van der Waals surface area contributed by atoms with Gasteiger partial charge in [-0.2, -0.15) is 0 Å². The van der Waals surface area contributed by atoms with E-state index in [9.17, 15) is 4.79 Å². The van der Waals surface area contributed by atoms with Gasteiger partial charge in [-0.1, -0.05) is 30.3 Å². The predicted molar refractivity (Wildman–Crippen MR) is 98.6 cm³/mol. The minimum absolute atomic E-state index is 0. The molecule has 0 unspecified atom stereocenters. The maximum absolute atomic E-state index is 10.1. The summed E-state index contributed by atoms with van der Waals surface area (Å²) in [7, 11) is 2.11. The monoisotopic (exact) mass is 524 g/mol. The van der Waals surface area contributed by atoms with Gasteiger partial charge in [0.2, 0.25) is 5.52 Å². The van der Waals surface area contributed by atoms with E-state index in [1.54, 1.807) is 12.1 Å². The Bertz CT molecular complexity index is 989. The quantitative estimate of drug-likeness (QED) is 0.304. The van der Waals surface area contributed by atoms with Gasteiger partial charge >= 0.3 is 5.97 Å². The summed E-state index contributed by atoms with van der Waals surface area (Å²) in [6.07, 6.45) is 3.55. The number of carboxylic acid groups (broad SMARTS) is 1. The van der Waals surface area contributed by atoms with Gasteiger partial charge in [-0.25, -0.2) is 14.3 Å². The Hall–Kier alpha value is -2.62. The first-order valence-corrected chi connectivity index (χ1v) is 7.99. The Kier molecular flexibility index (Phi) is 6.56. The first-order chi connectivity index (χ1) is 12.1. The van der Waals surface area contributed by atoms with Crippen molar-refractivity contribution in [1.29, 1.82) is 0 Å². The van der Waals surface area contributed by atoms with Crippen LogP contribution in [0.5, 0.6) is 0 Å². The van der Waals surface area contributed by atoms with Crippen molar-refractivity contribution in [1.82, 2.24) is 4.98 Å². The fourth-order valence-electron chi connectivity index (χ4n) is 2.91. The minimum Gasteiger partial charge on any atom is -0.477 e. The number of benzene rings is 2. The molecule has 2 aromatic carbocycles. The van der Waals surface area contributed by atoms with Crippen LogP contribution in [0.4, 0.5) is 0 Å². The standard InChI is InChI=1S/C15H14N.C6H5NO2.Ir/c1-11-5-3-6-12-8-9-13-7-4-10-16(2)15(13)14(11)12;8-6(9)5-3-1-2-4-7-5;/h3-10H,1-2H3;1-4H,(H,8,9);/q+1;;. The van der Waals surface area contributed by atoms with E-state index in [4.69, 9.17) is 5.11 Å². The van der Waals surface area contributed by atoms with Crippen LogP contribution in [0.2, 0.25) is 0 Å². The minimum atomic E-state index is -0.990. The van der Waals surface area contributed by atoms with Gasteiger partial charge in [0.25, 0.3) is 0 Å². The van der Waals surface area contributed by atoms with Crippen molar-refractivity contribution in [3.63, 3.8) is 0 Å². The second-order valence-electron chi connectivity index (χ2n) is 5.82. The zero-order chi connectivity index (χ0) is 17.8. The largest absolute Gasteiger partial charge is 0.477 e. The summed E-state index contributed by atoms with van der Waals surface area (Å²) in [5, 5.41) is 12.3. The van der Waals surface area contributed by atoms with Crippen LogP contribution < -0.4 is 4.57 Å². The first kappa shape index (κ1) is 19.7. The van der Waals surface area contributed by atoms with Crippen LogP contribution in [0.15, 0.2) is 73.1 Å². The molecule has 0 fully saturated rings. The molecule has 5 heteroatoms. The molecule has 2 heterocycles. The van der Waals surface area contributed by atoms with Gasteiger partial charge in [-0.15, -0.1) is 0 Å². The van der Waals surface area contributed by atoms with Gasteiger partial charge in [0.15, 0.2) is 6.20 Å². The first-order valence-electron chi connectivity index (χ1n) is 7.99. The summed E-state index contributed by atoms with van der Waals surface area (Å²) in [5.41, 5.74) is 2.74. The van der Waals surface area contributed by atoms with E-state index in [1.807, 2.05) is 0 Å². The molecule has 0 aliphatic carbocycles. The van der Waals surface area contributed by atoms with Crippen LogP contribution >= 0.6 is 0 Å². The number of rotatable bonds is 1. The molecule has 26 heavy (non-hydrogen) atoms. The third-order valence-corrected chi connectivity index (χ3v) is 4.08. The Labute approximate surface area is 165 Å². The van der Waals surface area contributed by atoms with Gasteiger partial charge in [0.05, 0.1) is 5.39 Å². The molecule has 4 nitrogen and oxygen atoms in total. The van der Waals surface area contributed by atoms with Gasteiger partial charge < -0.3 is 5.11 Å².